The average Bonchev–Trinajstić information content (AvgIpc) is 1.66. The Morgan fingerprint density at radius 3 is 0.971 bits per heavy atom. The molecule has 8 aromatic heterocycles. The van der Waals surface area contributed by atoms with E-state index in [9.17, 15) is 19.2 Å². The van der Waals surface area contributed by atoms with E-state index >= 15 is 0 Å². The summed E-state index contributed by atoms with van der Waals surface area (Å²) in [5, 5.41) is 3.19. The highest BCUT2D eigenvalue weighted by atomic mass is 32.1. The van der Waals surface area contributed by atoms with Crippen LogP contribution in [0.15, 0.2) is 159 Å². The van der Waals surface area contributed by atoms with Crippen LogP contribution in [0.4, 0.5) is 20.5 Å². The summed E-state index contributed by atoms with van der Waals surface area (Å²) in [6.07, 6.45) is 32.2. The van der Waals surface area contributed by atoms with Crippen molar-refractivity contribution in [3.63, 3.8) is 0 Å². The molecule has 0 unspecified atom stereocenters. The second kappa shape index (κ2) is 34.7. The van der Waals surface area contributed by atoms with Crippen LogP contribution in [0.3, 0.4) is 0 Å². The number of thiazole rings is 4. The molecule has 104 heavy (non-hydrogen) atoms. The number of aryl methyl sites for hydroxylation is 6. The molecule has 4 amide bonds. The van der Waals surface area contributed by atoms with E-state index in [1.54, 1.807) is 70.1 Å². The van der Waals surface area contributed by atoms with E-state index in [2.05, 4.69) is 110 Å². The molecule has 4 aliphatic rings. The molecule has 12 aromatic rings. The number of anilines is 4. The first-order chi connectivity index (χ1) is 50.7. The van der Waals surface area contributed by atoms with Crippen molar-refractivity contribution in [3.05, 3.63) is 214 Å². The Hall–Kier alpha value is -9.08. The maximum absolute atomic E-state index is 13.4. The Morgan fingerprint density at radius 1 is 0.327 bits per heavy atom. The average molecular weight is 1460 g/mol. The van der Waals surface area contributed by atoms with Gasteiger partial charge in [0, 0.05) is 67.0 Å². The molecule has 16 rings (SSSR count). The molecule has 0 atom stereocenters. The van der Waals surface area contributed by atoms with E-state index < -0.39 is 0 Å². The third-order valence-corrected chi connectivity index (χ3v) is 25.1. The van der Waals surface area contributed by atoms with Crippen LogP contribution in [-0.2, 0) is 45.4 Å². The molecule has 20 heteroatoms. The minimum atomic E-state index is 0.109. The maximum Gasteiger partial charge on any atom is 0.232 e. The summed E-state index contributed by atoms with van der Waals surface area (Å²) in [6, 6.07) is 38.5. The Bertz CT molecular complexity index is 4730. The first kappa shape index (κ1) is 73.2. The molecule has 16 nitrogen and oxygen atoms in total. The fourth-order valence-corrected chi connectivity index (χ4v) is 18.4. The number of para-hydroxylation sites is 2. The number of carbonyl (C=O) groups is 4. The Labute approximate surface area is 626 Å². The van der Waals surface area contributed by atoms with Crippen LogP contribution in [0.2, 0.25) is 0 Å². The van der Waals surface area contributed by atoms with Crippen LogP contribution >= 0.6 is 45.3 Å². The van der Waals surface area contributed by atoms with E-state index in [1.807, 2.05) is 105 Å². The number of pyridine rings is 4. The van der Waals surface area contributed by atoms with Gasteiger partial charge in [0.2, 0.25) is 23.6 Å². The number of nitrogens with zero attached hydrogens (tertiary/aromatic N) is 12. The number of hydrogen-bond donors (Lipinski definition) is 0. The summed E-state index contributed by atoms with van der Waals surface area (Å²) in [5.41, 5.74) is 15.2. The summed E-state index contributed by atoms with van der Waals surface area (Å²) >= 11 is 6.42. The minimum Gasteiger partial charge on any atom is -0.283 e. The van der Waals surface area contributed by atoms with Crippen LogP contribution in [0, 0.1) is 65.2 Å². The summed E-state index contributed by atoms with van der Waals surface area (Å²) in [5.74, 6) is 1.32. The van der Waals surface area contributed by atoms with Gasteiger partial charge >= 0.3 is 0 Å². The molecular formula is C84H92N12O4S4. The third-order valence-electron chi connectivity index (χ3n) is 20.9. The highest BCUT2D eigenvalue weighted by Crippen LogP contribution is 2.41. The normalized spacial score (nSPS) is 15.1. The molecule has 0 radical (unpaired) electrons. The Kier molecular flexibility index (Phi) is 24.4. The molecule has 8 heterocycles. The van der Waals surface area contributed by atoms with Gasteiger partial charge in [-0.25, -0.2) is 19.9 Å². The molecule has 4 fully saturated rings. The number of amides is 4. The first-order valence-corrected chi connectivity index (χ1v) is 40.3. The van der Waals surface area contributed by atoms with Crippen LogP contribution in [0.25, 0.3) is 40.9 Å². The lowest BCUT2D eigenvalue weighted by molar-refractivity contribution is -0.125. The molecule has 536 valence electrons. The lowest BCUT2D eigenvalue weighted by Crippen LogP contribution is -2.38. The molecule has 4 aliphatic carbocycles. The van der Waals surface area contributed by atoms with Crippen molar-refractivity contribution < 1.29 is 19.2 Å². The first-order valence-electron chi connectivity index (χ1n) is 37.0. The van der Waals surface area contributed by atoms with Crippen molar-refractivity contribution >= 4 is 130 Å². The largest absolute Gasteiger partial charge is 0.283 e. The van der Waals surface area contributed by atoms with Gasteiger partial charge < -0.3 is 0 Å². The van der Waals surface area contributed by atoms with Gasteiger partial charge in [-0.1, -0.05) is 170 Å². The molecular weight excluding hydrogens is 1370 g/mol. The quantitative estimate of drug-likeness (QED) is 0.0893. The van der Waals surface area contributed by atoms with E-state index in [0.29, 0.717) is 26.2 Å². The fourth-order valence-electron chi connectivity index (χ4n) is 14.3. The highest BCUT2D eigenvalue weighted by molar-refractivity contribution is 7.23. The molecule has 4 saturated carbocycles. The van der Waals surface area contributed by atoms with Crippen molar-refractivity contribution in [2.75, 3.05) is 19.6 Å². The number of carbonyl (C=O) groups excluding carboxylic acids is 4. The van der Waals surface area contributed by atoms with E-state index in [-0.39, 0.29) is 47.3 Å². The zero-order chi connectivity index (χ0) is 72.1. The molecule has 0 N–H and O–H groups in total. The smallest absolute Gasteiger partial charge is 0.232 e. The van der Waals surface area contributed by atoms with Crippen molar-refractivity contribution in [2.24, 2.45) is 23.7 Å². The maximum atomic E-state index is 13.4. The number of aromatic nitrogens is 8. The van der Waals surface area contributed by atoms with E-state index in [0.717, 1.165) is 191 Å². The molecule has 4 aromatic carbocycles. The topological polar surface area (TPSA) is 184 Å². The van der Waals surface area contributed by atoms with Gasteiger partial charge in [0.1, 0.15) is 0 Å². The highest BCUT2D eigenvalue weighted by Gasteiger charge is 2.35. The lowest BCUT2D eigenvalue weighted by Gasteiger charge is -2.30. The van der Waals surface area contributed by atoms with Crippen molar-refractivity contribution in [1.29, 1.82) is 0 Å². The number of rotatable bonds is 16. The summed E-state index contributed by atoms with van der Waals surface area (Å²) in [6.45, 7) is 14.6. The molecule has 0 saturated heterocycles. The SMILES string of the molecule is Cc1ccc2sc(N(Cc3ccccn3)C(=O)C3CCCCC3)nc2c1C.Cc1ccc2sc(N(Cc3cccnc3)C(=O)C3CCCCC3)nc2c1C.Cc1cccc2sc(N(Cc3cccnc3)C(=O)C3CCC3)nc12.Cc1cccc2sc(N(Cc3cccnc3)C(=O)C3CCCCC3)nc12. The second-order valence-electron chi connectivity index (χ2n) is 28.3. The van der Waals surface area contributed by atoms with Crippen LogP contribution in [0.5, 0.6) is 0 Å². The van der Waals surface area contributed by atoms with Crippen molar-refractivity contribution in [1.82, 2.24) is 39.9 Å². The minimum absolute atomic E-state index is 0.109. The molecule has 0 aliphatic heterocycles. The standard InChI is InChI=1S/2C22H25N3OS.C21H23N3OS.C19H19N3OS/c1-15-10-11-19-20(16(15)2)24-22(27-19)25(14-17-7-6-12-23-13-17)21(26)18-8-4-3-5-9-18;1-15-11-12-19-20(16(15)2)24-22(27-19)25(14-18-10-6-7-13-23-18)21(26)17-8-4-3-5-9-17;1-15-7-5-11-18-19(15)23-21(26-18)24(14-16-8-6-12-22-13-16)20(25)17-9-3-2-4-10-17;1-13-5-2-9-16-17(13)21-19(24-16)22(18(23)15-7-3-8-15)12-14-6-4-10-20-11-14/h6-7,10-13,18H,3-5,8-9,14H2,1-2H3;6-7,10-13,17H,3-5,8-9,14H2,1-2H3;5-8,11-13,17H,2-4,9-10,14H2,1H3;2,4-6,9-11,15H,3,7-8,12H2,1H3. The fraction of sp³-hybridized carbons (Fsp3) is 0.381. The van der Waals surface area contributed by atoms with Gasteiger partial charge in [-0.3, -0.25) is 58.7 Å². The van der Waals surface area contributed by atoms with Gasteiger partial charge in [-0.15, -0.1) is 0 Å². The third kappa shape index (κ3) is 17.6. The predicted octanol–water partition coefficient (Wildman–Crippen LogP) is 20.3. The lowest BCUT2D eigenvalue weighted by atomic mass is 9.84. The monoisotopic (exact) mass is 1460 g/mol. The van der Waals surface area contributed by atoms with E-state index in [4.69, 9.17) is 19.9 Å². The molecule has 0 bridgehead atoms. The number of hydrogen-bond acceptors (Lipinski definition) is 16. The van der Waals surface area contributed by atoms with Gasteiger partial charge in [0.05, 0.1) is 72.7 Å². The molecule has 0 spiro atoms. The van der Waals surface area contributed by atoms with Crippen molar-refractivity contribution in [2.45, 2.75) is 183 Å². The van der Waals surface area contributed by atoms with Crippen molar-refractivity contribution in [3.8, 4) is 0 Å². The summed E-state index contributed by atoms with van der Waals surface area (Å²) < 4.78 is 4.53. The zero-order valence-electron chi connectivity index (χ0n) is 60.5. The second-order valence-corrected chi connectivity index (χ2v) is 32.3. The number of fused-ring (bicyclic) bond motifs is 4. The zero-order valence-corrected chi connectivity index (χ0v) is 63.8. The van der Waals surface area contributed by atoms with Gasteiger partial charge in [-0.05, 0) is 198 Å². The Balaban J connectivity index is 0.000000123. The Morgan fingerprint density at radius 2 is 0.663 bits per heavy atom. The van der Waals surface area contributed by atoms with Crippen LogP contribution < -0.4 is 19.6 Å². The van der Waals surface area contributed by atoms with Crippen LogP contribution in [0.1, 0.15) is 171 Å². The summed E-state index contributed by atoms with van der Waals surface area (Å²) in [4.78, 5) is 97.0. The van der Waals surface area contributed by atoms with Gasteiger partial charge in [0.25, 0.3) is 0 Å². The van der Waals surface area contributed by atoms with Gasteiger partial charge in [0.15, 0.2) is 20.5 Å². The predicted molar refractivity (Wildman–Crippen MR) is 426 cm³/mol. The van der Waals surface area contributed by atoms with Gasteiger partial charge in [-0.2, -0.15) is 0 Å². The summed E-state index contributed by atoms with van der Waals surface area (Å²) in [7, 11) is 0. The number of benzene rings is 4. The van der Waals surface area contributed by atoms with E-state index in [1.165, 1.54) is 41.5 Å². The van der Waals surface area contributed by atoms with Crippen LogP contribution in [-0.4, -0.2) is 63.5 Å².